The lowest BCUT2D eigenvalue weighted by Crippen LogP contribution is -2.40. The van der Waals surface area contributed by atoms with Crippen LogP contribution >= 0.6 is 0 Å². The lowest BCUT2D eigenvalue weighted by atomic mass is 10.1. The van der Waals surface area contributed by atoms with Crippen molar-refractivity contribution in [1.82, 2.24) is 10.6 Å². The van der Waals surface area contributed by atoms with Crippen LogP contribution in [0.3, 0.4) is 0 Å². The molecule has 0 aliphatic rings. The molecule has 0 spiro atoms. The molecular weight excluding hydrogens is 272 g/mol. The summed E-state index contributed by atoms with van der Waals surface area (Å²) in [7, 11) is 0. The van der Waals surface area contributed by atoms with Crippen LogP contribution in [0, 0.1) is 0 Å². The zero-order valence-electron chi connectivity index (χ0n) is 12.6. The van der Waals surface area contributed by atoms with Crippen LogP contribution in [0.15, 0.2) is 24.3 Å². The Labute approximate surface area is 124 Å². The fourth-order valence-corrected chi connectivity index (χ4v) is 1.55. The molecule has 0 heterocycles. The lowest BCUT2D eigenvalue weighted by Gasteiger charge is -2.10. The molecule has 0 aliphatic carbocycles. The van der Waals surface area contributed by atoms with Crippen LogP contribution < -0.4 is 10.6 Å². The summed E-state index contributed by atoms with van der Waals surface area (Å²) in [6.07, 6.45) is 0. The van der Waals surface area contributed by atoms with Gasteiger partial charge in [0.05, 0.1) is 18.8 Å². The maximum atomic E-state index is 11.5. The summed E-state index contributed by atoms with van der Waals surface area (Å²) in [6.45, 7) is 6.36. The van der Waals surface area contributed by atoms with Crippen LogP contribution in [0.25, 0.3) is 0 Å². The quantitative estimate of drug-likeness (QED) is 0.458. The fraction of sp³-hybridized carbons (Fsp3) is 0.467. The van der Waals surface area contributed by atoms with E-state index in [1.807, 2.05) is 13.8 Å². The Morgan fingerprint density at radius 2 is 1.86 bits per heavy atom. The van der Waals surface area contributed by atoms with E-state index in [0.29, 0.717) is 18.8 Å². The maximum absolute atomic E-state index is 11.5. The van der Waals surface area contributed by atoms with Crippen molar-refractivity contribution >= 4 is 12.0 Å². The number of nitrogens with one attached hydrogen (secondary N) is 2. The average molecular weight is 294 g/mol. The van der Waals surface area contributed by atoms with Gasteiger partial charge < -0.3 is 20.1 Å². The molecule has 0 aromatic heterocycles. The Bertz CT molecular complexity index is 457. The van der Waals surface area contributed by atoms with Crippen molar-refractivity contribution in [2.45, 2.75) is 33.4 Å². The summed E-state index contributed by atoms with van der Waals surface area (Å²) in [6, 6.07) is 6.79. The van der Waals surface area contributed by atoms with Gasteiger partial charge in [0.15, 0.2) is 0 Å². The van der Waals surface area contributed by atoms with Gasteiger partial charge in [0.25, 0.3) is 0 Å². The van der Waals surface area contributed by atoms with E-state index in [1.54, 1.807) is 31.2 Å². The number of benzene rings is 1. The number of carbonyl (C=O) groups excluding carboxylic acids is 2. The molecule has 1 aromatic rings. The van der Waals surface area contributed by atoms with E-state index in [9.17, 15) is 9.59 Å². The Hall–Kier alpha value is -2.08. The molecule has 6 nitrogen and oxygen atoms in total. The third kappa shape index (κ3) is 6.76. The molecule has 116 valence electrons. The first-order chi connectivity index (χ1) is 10.0. The average Bonchev–Trinajstić information content (AvgIpc) is 2.44. The van der Waals surface area contributed by atoms with Crippen LogP contribution in [0.1, 0.15) is 36.7 Å². The van der Waals surface area contributed by atoms with Crippen molar-refractivity contribution < 1.29 is 19.1 Å². The molecular formula is C15H22N2O4. The van der Waals surface area contributed by atoms with Gasteiger partial charge in [-0.1, -0.05) is 12.1 Å². The SMILES string of the molecule is CCOC(=O)c1ccc(COCNC(=O)NC(C)C)cc1. The lowest BCUT2D eigenvalue weighted by molar-refractivity contribution is 0.0526. The highest BCUT2D eigenvalue weighted by Gasteiger charge is 2.05. The van der Waals surface area contributed by atoms with E-state index in [1.165, 1.54) is 0 Å². The Kier molecular flexibility index (Phi) is 7.25. The van der Waals surface area contributed by atoms with Gasteiger partial charge >= 0.3 is 12.0 Å². The first kappa shape index (κ1) is 17.0. The highest BCUT2D eigenvalue weighted by atomic mass is 16.5. The van der Waals surface area contributed by atoms with Gasteiger partial charge in [-0.05, 0) is 38.5 Å². The summed E-state index contributed by atoms with van der Waals surface area (Å²) in [4.78, 5) is 22.8. The number of rotatable bonds is 7. The van der Waals surface area contributed by atoms with Gasteiger partial charge in [0.2, 0.25) is 0 Å². The van der Waals surface area contributed by atoms with Gasteiger partial charge in [0.1, 0.15) is 6.73 Å². The number of urea groups is 1. The second kappa shape index (κ2) is 8.97. The fourth-order valence-electron chi connectivity index (χ4n) is 1.55. The number of hydrogen-bond donors (Lipinski definition) is 2. The molecule has 0 bridgehead atoms. The Morgan fingerprint density at radius 1 is 1.19 bits per heavy atom. The number of esters is 1. The first-order valence-electron chi connectivity index (χ1n) is 6.91. The van der Waals surface area contributed by atoms with E-state index in [2.05, 4.69) is 10.6 Å². The Morgan fingerprint density at radius 3 is 2.43 bits per heavy atom. The van der Waals surface area contributed by atoms with E-state index < -0.39 is 0 Å². The smallest absolute Gasteiger partial charge is 0.338 e. The second-order valence-corrected chi connectivity index (χ2v) is 4.72. The largest absolute Gasteiger partial charge is 0.462 e. The number of amides is 2. The Balaban J connectivity index is 2.30. The van der Waals surface area contributed by atoms with E-state index in [-0.39, 0.29) is 24.8 Å². The molecule has 0 atom stereocenters. The van der Waals surface area contributed by atoms with Crippen LogP contribution in [0.4, 0.5) is 4.79 Å². The molecule has 0 radical (unpaired) electrons. The van der Waals surface area contributed by atoms with Crippen LogP contribution in [-0.4, -0.2) is 31.4 Å². The zero-order valence-corrected chi connectivity index (χ0v) is 12.6. The van der Waals surface area contributed by atoms with E-state index in [4.69, 9.17) is 9.47 Å². The van der Waals surface area contributed by atoms with E-state index in [0.717, 1.165) is 5.56 Å². The second-order valence-electron chi connectivity index (χ2n) is 4.72. The standard InChI is InChI=1S/C15H22N2O4/c1-4-21-14(18)13-7-5-12(6-8-13)9-20-10-16-15(19)17-11(2)3/h5-8,11H,4,9-10H2,1-3H3,(H2,16,17,19). The predicted octanol–water partition coefficient (Wildman–Crippen LogP) is 2.04. The molecule has 0 unspecified atom stereocenters. The molecule has 0 fully saturated rings. The van der Waals surface area contributed by atoms with Crippen molar-refractivity contribution in [3.63, 3.8) is 0 Å². The third-order valence-electron chi connectivity index (χ3n) is 2.49. The topological polar surface area (TPSA) is 76.7 Å². The summed E-state index contributed by atoms with van der Waals surface area (Å²) < 4.78 is 10.2. The van der Waals surface area contributed by atoms with Gasteiger partial charge in [-0.25, -0.2) is 9.59 Å². The highest BCUT2D eigenvalue weighted by Crippen LogP contribution is 2.07. The van der Waals surface area contributed by atoms with Gasteiger partial charge in [-0.15, -0.1) is 0 Å². The number of carbonyl (C=O) groups is 2. The number of hydrogen-bond acceptors (Lipinski definition) is 4. The minimum atomic E-state index is -0.336. The zero-order chi connectivity index (χ0) is 15.7. The molecule has 0 saturated carbocycles. The summed E-state index contributed by atoms with van der Waals surface area (Å²) >= 11 is 0. The molecule has 2 N–H and O–H groups in total. The summed E-state index contributed by atoms with van der Waals surface area (Å²) in [5.41, 5.74) is 1.42. The third-order valence-corrected chi connectivity index (χ3v) is 2.49. The molecule has 1 aromatic carbocycles. The van der Waals surface area contributed by atoms with Gasteiger partial charge in [-0.3, -0.25) is 0 Å². The predicted molar refractivity (Wildman–Crippen MR) is 78.9 cm³/mol. The van der Waals surface area contributed by atoms with Crippen molar-refractivity contribution in [1.29, 1.82) is 0 Å². The highest BCUT2D eigenvalue weighted by molar-refractivity contribution is 5.89. The first-order valence-corrected chi connectivity index (χ1v) is 6.91. The molecule has 2 amide bonds. The van der Waals surface area contributed by atoms with Crippen LogP contribution in [0.2, 0.25) is 0 Å². The molecule has 6 heteroatoms. The molecule has 21 heavy (non-hydrogen) atoms. The minimum Gasteiger partial charge on any atom is -0.462 e. The van der Waals surface area contributed by atoms with Gasteiger partial charge in [0, 0.05) is 6.04 Å². The molecule has 0 aliphatic heterocycles. The monoisotopic (exact) mass is 294 g/mol. The van der Waals surface area contributed by atoms with Gasteiger partial charge in [-0.2, -0.15) is 0 Å². The van der Waals surface area contributed by atoms with Crippen molar-refractivity contribution in [3.05, 3.63) is 35.4 Å². The van der Waals surface area contributed by atoms with Crippen LogP contribution in [0.5, 0.6) is 0 Å². The number of ether oxygens (including phenoxy) is 2. The summed E-state index contributed by atoms with van der Waals surface area (Å²) in [5.74, 6) is -0.336. The normalized spacial score (nSPS) is 10.3. The van der Waals surface area contributed by atoms with Crippen LogP contribution in [-0.2, 0) is 16.1 Å². The van der Waals surface area contributed by atoms with Crippen molar-refractivity contribution in [2.24, 2.45) is 0 Å². The van der Waals surface area contributed by atoms with Crippen molar-refractivity contribution in [3.8, 4) is 0 Å². The van der Waals surface area contributed by atoms with Crippen molar-refractivity contribution in [2.75, 3.05) is 13.3 Å². The molecule has 0 saturated heterocycles. The van der Waals surface area contributed by atoms with E-state index >= 15 is 0 Å². The minimum absolute atomic E-state index is 0.0837. The molecule has 1 rings (SSSR count). The maximum Gasteiger partial charge on any atom is 0.338 e. The summed E-state index contributed by atoms with van der Waals surface area (Å²) in [5, 5.41) is 5.28.